The number of hydrogen-bond donors (Lipinski definition) is 1. The molecule has 0 atom stereocenters. The molecule has 2 rings (SSSR count). The Morgan fingerprint density at radius 3 is 2.95 bits per heavy atom. The summed E-state index contributed by atoms with van der Waals surface area (Å²) in [5, 5.41) is 13.8. The first-order valence-corrected chi connectivity index (χ1v) is 7.62. The second-order valence-corrected chi connectivity index (χ2v) is 6.14. The van der Waals surface area contributed by atoms with E-state index in [2.05, 4.69) is 40.1 Å². The van der Waals surface area contributed by atoms with Crippen molar-refractivity contribution in [1.82, 2.24) is 14.9 Å². The molecule has 0 fully saturated rings. The normalized spacial score (nSPS) is 11.7. The first-order valence-electron chi connectivity index (χ1n) is 7.62. The van der Waals surface area contributed by atoms with Crippen molar-refractivity contribution in [3.05, 3.63) is 30.1 Å². The molecule has 0 unspecified atom stereocenters. The van der Waals surface area contributed by atoms with Crippen LogP contribution in [-0.4, -0.2) is 16.1 Å². The zero-order valence-corrected chi connectivity index (χ0v) is 13.2. The fourth-order valence-electron chi connectivity index (χ4n) is 2.36. The molecule has 4 heteroatoms. The molecule has 0 saturated carbocycles. The lowest BCUT2D eigenvalue weighted by atomic mass is 9.91. The molecule has 0 aromatic carbocycles. The van der Waals surface area contributed by atoms with Gasteiger partial charge in [-0.05, 0) is 50.9 Å². The van der Waals surface area contributed by atoms with E-state index in [0.29, 0.717) is 0 Å². The van der Waals surface area contributed by atoms with Gasteiger partial charge in [-0.3, -0.25) is 0 Å². The average Bonchev–Trinajstić information content (AvgIpc) is 2.84. The van der Waals surface area contributed by atoms with Crippen molar-refractivity contribution in [1.29, 1.82) is 5.26 Å². The van der Waals surface area contributed by atoms with Gasteiger partial charge in [0.1, 0.15) is 5.65 Å². The van der Waals surface area contributed by atoms with Gasteiger partial charge in [-0.1, -0.05) is 6.92 Å². The molecule has 2 aromatic heterocycles. The van der Waals surface area contributed by atoms with E-state index < -0.39 is 0 Å². The molecule has 0 bridgehead atoms. The van der Waals surface area contributed by atoms with Crippen LogP contribution in [0.1, 0.15) is 39.2 Å². The maximum atomic E-state index is 9.15. The third-order valence-corrected chi connectivity index (χ3v) is 3.74. The number of pyridine rings is 1. The molecule has 0 saturated heterocycles. The third kappa shape index (κ3) is 3.83. The Labute approximate surface area is 126 Å². The molecule has 21 heavy (non-hydrogen) atoms. The molecule has 1 N–H and O–H groups in total. The summed E-state index contributed by atoms with van der Waals surface area (Å²) in [5.74, 6) is 0. The van der Waals surface area contributed by atoms with Gasteiger partial charge < -0.3 is 9.88 Å². The molecule has 4 nitrogen and oxygen atoms in total. The maximum absolute atomic E-state index is 9.15. The smallest absolute Gasteiger partial charge is 0.140 e. The third-order valence-electron chi connectivity index (χ3n) is 3.74. The Kier molecular flexibility index (Phi) is 4.98. The highest BCUT2D eigenvalue weighted by Gasteiger charge is 2.17. The molecule has 0 spiro atoms. The lowest BCUT2D eigenvalue weighted by Gasteiger charge is -2.15. The number of aryl methyl sites for hydroxylation is 1. The molecule has 0 amide bonds. The van der Waals surface area contributed by atoms with Crippen molar-refractivity contribution in [2.75, 3.05) is 6.54 Å². The van der Waals surface area contributed by atoms with Crippen LogP contribution in [0.5, 0.6) is 0 Å². The predicted molar refractivity (Wildman–Crippen MR) is 85.7 cm³/mol. The number of rotatable bonds is 7. The molecule has 2 aromatic rings. The lowest BCUT2D eigenvalue weighted by Crippen LogP contribution is -2.14. The minimum absolute atomic E-state index is 0.300. The van der Waals surface area contributed by atoms with Crippen molar-refractivity contribution >= 4 is 11.0 Å². The number of hydrogen-bond acceptors (Lipinski definition) is 3. The summed E-state index contributed by atoms with van der Waals surface area (Å²) in [4.78, 5) is 4.51. The molecule has 0 radical (unpaired) electrons. The van der Waals surface area contributed by atoms with E-state index in [0.717, 1.165) is 38.1 Å². The number of nitrogens with one attached hydrogen (secondary N) is 1. The van der Waals surface area contributed by atoms with Crippen molar-refractivity contribution in [3.8, 4) is 6.07 Å². The average molecular weight is 284 g/mol. The van der Waals surface area contributed by atoms with Crippen LogP contribution in [0.2, 0.25) is 0 Å². The summed E-state index contributed by atoms with van der Waals surface area (Å²) < 4.78 is 2.18. The summed E-state index contributed by atoms with van der Waals surface area (Å²) in [6.45, 7) is 8.84. The van der Waals surface area contributed by atoms with Gasteiger partial charge >= 0.3 is 0 Å². The monoisotopic (exact) mass is 284 g/mol. The highest BCUT2D eigenvalue weighted by molar-refractivity contribution is 5.80. The van der Waals surface area contributed by atoms with Crippen LogP contribution in [0.15, 0.2) is 24.5 Å². The predicted octanol–water partition coefficient (Wildman–Crippen LogP) is 3.48. The topological polar surface area (TPSA) is 53.6 Å². The quantitative estimate of drug-likeness (QED) is 0.792. The van der Waals surface area contributed by atoms with Gasteiger partial charge in [0.15, 0.2) is 0 Å². The van der Waals surface area contributed by atoms with E-state index in [1.54, 1.807) is 0 Å². The van der Waals surface area contributed by atoms with E-state index in [1.807, 2.05) is 26.1 Å². The number of nitriles is 1. The van der Waals surface area contributed by atoms with Crippen molar-refractivity contribution in [2.45, 2.75) is 46.7 Å². The van der Waals surface area contributed by atoms with E-state index in [9.17, 15) is 0 Å². The largest absolute Gasteiger partial charge is 0.332 e. The van der Waals surface area contributed by atoms with E-state index >= 15 is 0 Å². The van der Waals surface area contributed by atoms with Crippen molar-refractivity contribution < 1.29 is 0 Å². The van der Waals surface area contributed by atoms with Gasteiger partial charge in [0.05, 0.1) is 11.5 Å². The second-order valence-electron chi connectivity index (χ2n) is 6.14. The summed E-state index contributed by atoms with van der Waals surface area (Å²) in [6.07, 6.45) is 5.96. The molecule has 0 aliphatic rings. The van der Waals surface area contributed by atoms with E-state index in [4.69, 9.17) is 5.26 Å². The standard InChI is InChI=1S/C17H24N4/c1-4-8-19-11-14-12-21(10-7-17(2,3)13-18)16-15(14)6-5-9-20-16/h5-6,9,12,19H,4,7-8,10-11H2,1-3H3. The number of fused-ring (bicyclic) bond motifs is 1. The molecular formula is C17H24N4. The molecule has 112 valence electrons. The first kappa shape index (κ1) is 15.5. The molecule has 0 aliphatic carbocycles. The first-order chi connectivity index (χ1) is 10.1. The van der Waals surface area contributed by atoms with E-state index in [-0.39, 0.29) is 5.41 Å². The van der Waals surface area contributed by atoms with Crippen LogP contribution < -0.4 is 5.32 Å². The Bertz CT molecular complexity index is 634. The Morgan fingerprint density at radius 2 is 2.24 bits per heavy atom. The SMILES string of the molecule is CCCNCc1cn(CCC(C)(C)C#N)c2ncccc12. The number of aromatic nitrogens is 2. The zero-order chi connectivity index (χ0) is 15.3. The van der Waals surface area contributed by atoms with Gasteiger partial charge in [0.25, 0.3) is 0 Å². The highest BCUT2D eigenvalue weighted by Crippen LogP contribution is 2.24. The minimum Gasteiger partial charge on any atom is -0.332 e. The van der Waals surface area contributed by atoms with Gasteiger partial charge in [-0.15, -0.1) is 0 Å². The lowest BCUT2D eigenvalue weighted by molar-refractivity contribution is 0.416. The number of nitrogens with zero attached hydrogens (tertiary/aromatic N) is 3. The van der Waals surface area contributed by atoms with Crippen molar-refractivity contribution in [2.24, 2.45) is 5.41 Å². The van der Waals surface area contributed by atoms with Gasteiger partial charge in [0.2, 0.25) is 0 Å². The van der Waals surface area contributed by atoms with Crippen LogP contribution in [0.3, 0.4) is 0 Å². The second kappa shape index (κ2) is 6.73. The molecule has 0 aliphatic heterocycles. The summed E-state index contributed by atoms with van der Waals surface area (Å²) >= 11 is 0. The van der Waals surface area contributed by atoms with Gasteiger partial charge in [-0.2, -0.15) is 5.26 Å². The summed E-state index contributed by atoms with van der Waals surface area (Å²) in [6, 6.07) is 6.47. The maximum Gasteiger partial charge on any atom is 0.140 e. The van der Waals surface area contributed by atoms with Crippen LogP contribution in [0.4, 0.5) is 0 Å². The van der Waals surface area contributed by atoms with E-state index in [1.165, 1.54) is 10.9 Å². The summed E-state index contributed by atoms with van der Waals surface area (Å²) in [5.41, 5.74) is 1.99. The molecular weight excluding hydrogens is 260 g/mol. The Hall–Kier alpha value is -1.86. The minimum atomic E-state index is -0.300. The Morgan fingerprint density at radius 1 is 1.43 bits per heavy atom. The fourth-order valence-corrected chi connectivity index (χ4v) is 2.36. The van der Waals surface area contributed by atoms with Crippen molar-refractivity contribution in [3.63, 3.8) is 0 Å². The zero-order valence-electron chi connectivity index (χ0n) is 13.2. The molecule has 2 heterocycles. The van der Waals surface area contributed by atoms with Crippen LogP contribution >= 0.6 is 0 Å². The Balaban J connectivity index is 2.21. The fraction of sp³-hybridized carbons (Fsp3) is 0.529. The summed E-state index contributed by atoms with van der Waals surface area (Å²) in [7, 11) is 0. The van der Waals surface area contributed by atoms with Gasteiger partial charge in [0, 0.05) is 30.9 Å². The van der Waals surface area contributed by atoms with Crippen LogP contribution in [0.25, 0.3) is 11.0 Å². The highest BCUT2D eigenvalue weighted by atomic mass is 15.0. The van der Waals surface area contributed by atoms with Gasteiger partial charge in [-0.25, -0.2) is 4.98 Å². The van der Waals surface area contributed by atoms with Crippen LogP contribution in [0, 0.1) is 16.7 Å². The van der Waals surface area contributed by atoms with Crippen LogP contribution in [-0.2, 0) is 13.1 Å².